The highest BCUT2D eigenvalue weighted by Gasteiger charge is 2.66. The molecule has 3 heteroatoms. The summed E-state index contributed by atoms with van der Waals surface area (Å²) < 4.78 is 6.91. The van der Waals surface area contributed by atoms with Crippen molar-refractivity contribution >= 4 is 0 Å². The van der Waals surface area contributed by atoms with Gasteiger partial charge in [-0.05, 0) is 50.2 Å². The van der Waals surface area contributed by atoms with Gasteiger partial charge in [0.15, 0.2) is 0 Å². The number of ether oxygens (including phenoxy) is 1. The molecule has 2 heterocycles. The maximum absolute atomic E-state index is 11.0. The molecule has 2 aromatic carbocycles. The smallest absolute Gasteiger partial charge is 0.141 e. The van der Waals surface area contributed by atoms with E-state index in [4.69, 9.17) is 4.74 Å². The third kappa shape index (κ3) is 2.17. The van der Waals surface area contributed by atoms with E-state index in [1.54, 1.807) is 0 Å². The van der Waals surface area contributed by atoms with Crippen molar-refractivity contribution in [2.24, 2.45) is 5.92 Å². The van der Waals surface area contributed by atoms with E-state index >= 15 is 0 Å². The van der Waals surface area contributed by atoms with E-state index < -0.39 is 11.2 Å². The highest BCUT2D eigenvalue weighted by atomic mass is 16.6. The van der Waals surface area contributed by atoms with Gasteiger partial charge < -0.3 is 9.84 Å². The molecule has 4 atom stereocenters. The van der Waals surface area contributed by atoms with Crippen LogP contribution in [0.4, 0.5) is 0 Å². The van der Waals surface area contributed by atoms with Gasteiger partial charge in [-0.15, -0.1) is 0 Å². The first-order valence-corrected chi connectivity index (χ1v) is 9.80. The minimum atomic E-state index is -0.909. The lowest BCUT2D eigenvalue weighted by Gasteiger charge is -2.39. The van der Waals surface area contributed by atoms with Crippen molar-refractivity contribution in [1.82, 2.24) is 4.90 Å². The minimum Gasteiger partial charge on any atom is -0.386 e. The number of aliphatic hydroxyl groups is 1. The summed E-state index contributed by atoms with van der Waals surface area (Å²) in [5.41, 5.74) is 0.960. The van der Waals surface area contributed by atoms with Gasteiger partial charge in [0.2, 0.25) is 0 Å². The summed E-state index contributed by atoms with van der Waals surface area (Å²) >= 11 is 0. The number of piperidine rings is 1. The summed E-state index contributed by atoms with van der Waals surface area (Å²) in [5, 5.41) is 11.0. The van der Waals surface area contributed by atoms with Crippen LogP contribution < -0.4 is 0 Å². The van der Waals surface area contributed by atoms with E-state index in [0.717, 1.165) is 0 Å². The monoisotopic (exact) mass is 349 g/mol. The molecule has 1 N–H and O–H groups in total. The van der Waals surface area contributed by atoms with Crippen molar-refractivity contribution < 1.29 is 9.84 Å². The lowest BCUT2D eigenvalue weighted by molar-refractivity contribution is -0.150. The van der Waals surface area contributed by atoms with Gasteiger partial charge in [0.1, 0.15) is 11.8 Å². The Morgan fingerprint density at radius 1 is 0.962 bits per heavy atom. The average Bonchev–Trinajstić information content (AvgIpc) is 3.34. The van der Waals surface area contributed by atoms with E-state index in [9.17, 15) is 5.11 Å². The van der Waals surface area contributed by atoms with Crippen molar-refractivity contribution in [2.45, 2.75) is 62.6 Å². The summed E-state index contributed by atoms with van der Waals surface area (Å²) in [5.74, 6) is 0.618. The van der Waals surface area contributed by atoms with Crippen LogP contribution in [0.2, 0.25) is 0 Å². The molecule has 0 spiro atoms. The van der Waals surface area contributed by atoms with Gasteiger partial charge in [-0.2, -0.15) is 0 Å². The Labute approximate surface area is 155 Å². The van der Waals surface area contributed by atoms with Gasteiger partial charge in [-0.3, -0.25) is 4.90 Å². The molecule has 5 rings (SSSR count). The number of nitrogens with zero attached hydrogens (tertiary/aromatic N) is 1. The molecule has 3 nitrogen and oxygen atoms in total. The molecule has 136 valence electrons. The van der Waals surface area contributed by atoms with Crippen LogP contribution in [0.1, 0.15) is 44.2 Å². The molecule has 1 unspecified atom stereocenters. The van der Waals surface area contributed by atoms with E-state index in [1.807, 2.05) is 13.8 Å². The van der Waals surface area contributed by atoms with Crippen molar-refractivity contribution in [1.29, 1.82) is 0 Å². The Balaban J connectivity index is 1.74. The van der Waals surface area contributed by atoms with Crippen molar-refractivity contribution in [3.05, 3.63) is 71.8 Å². The van der Waals surface area contributed by atoms with Crippen LogP contribution in [0.3, 0.4) is 0 Å². The molecule has 3 aliphatic rings. The summed E-state index contributed by atoms with van der Waals surface area (Å²) in [6.07, 6.45) is 3.41. The predicted octanol–water partition coefficient (Wildman–Crippen LogP) is 3.91. The second kappa shape index (κ2) is 5.66. The summed E-state index contributed by atoms with van der Waals surface area (Å²) in [4.78, 5) is 2.51. The minimum absolute atomic E-state index is 0.280. The van der Waals surface area contributed by atoms with E-state index in [2.05, 4.69) is 65.6 Å². The number of fused-ring (bicyclic) bond motifs is 5. The van der Waals surface area contributed by atoms with Crippen molar-refractivity contribution in [3.8, 4) is 0 Å². The van der Waals surface area contributed by atoms with Crippen molar-refractivity contribution in [3.63, 3.8) is 0 Å². The lowest BCUT2D eigenvalue weighted by Crippen LogP contribution is -2.52. The topological polar surface area (TPSA) is 32.7 Å². The number of hydrogen-bond acceptors (Lipinski definition) is 3. The van der Waals surface area contributed by atoms with E-state index in [0.29, 0.717) is 12.0 Å². The fourth-order valence-electron chi connectivity index (χ4n) is 5.73. The molecular weight excluding hydrogens is 322 g/mol. The van der Waals surface area contributed by atoms with Crippen LogP contribution in [0, 0.1) is 5.92 Å². The molecule has 2 bridgehead atoms. The largest absolute Gasteiger partial charge is 0.386 e. The van der Waals surface area contributed by atoms with Crippen LogP contribution >= 0.6 is 0 Å². The van der Waals surface area contributed by atoms with Crippen LogP contribution in [0.25, 0.3) is 0 Å². The summed E-state index contributed by atoms with van der Waals surface area (Å²) in [6.45, 7) is 3.76. The molecule has 3 fully saturated rings. The van der Waals surface area contributed by atoms with Gasteiger partial charge in [0.25, 0.3) is 0 Å². The molecule has 0 aromatic heterocycles. The zero-order chi connectivity index (χ0) is 17.9. The van der Waals surface area contributed by atoms with Crippen LogP contribution in [0.5, 0.6) is 0 Å². The molecule has 1 saturated carbocycles. The van der Waals surface area contributed by atoms with Gasteiger partial charge in [0.05, 0.1) is 11.6 Å². The number of rotatable bonds is 3. The molecule has 2 aromatic rings. The molecule has 2 aliphatic heterocycles. The zero-order valence-corrected chi connectivity index (χ0v) is 15.5. The Morgan fingerprint density at radius 3 is 2.08 bits per heavy atom. The Kier molecular flexibility index (Phi) is 3.59. The zero-order valence-electron chi connectivity index (χ0n) is 15.5. The SMILES string of the molecule is CC(C)(O)[C@H]1OC(c2ccccc2)(c2ccccc2)C2[C@H]3CC[C@H](C3)N21. The van der Waals surface area contributed by atoms with Gasteiger partial charge in [-0.1, -0.05) is 60.7 Å². The Morgan fingerprint density at radius 2 is 1.54 bits per heavy atom. The second-order valence-electron chi connectivity index (χ2n) is 8.71. The third-order valence-corrected chi connectivity index (χ3v) is 6.63. The first-order chi connectivity index (χ1) is 12.5. The number of hydrogen-bond donors (Lipinski definition) is 1. The van der Waals surface area contributed by atoms with Gasteiger partial charge >= 0.3 is 0 Å². The summed E-state index contributed by atoms with van der Waals surface area (Å²) in [7, 11) is 0. The number of benzene rings is 2. The second-order valence-corrected chi connectivity index (χ2v) is 8.71. The predicted molar refractivity (Wildman–Crippen MR) is 102 cm³/mol. The van der Waals surface area contributed by atoms with Gasteiger partial charge in [-0.25, -0.2) is 0 Å². The fourth-order valence-corrected chi connectivity index (χ4v) is 5.73. The Bertz CT molecular complexity index is 743. The maximum Gasteiger partial charge on any atom is 0.141 e. The first-order valence-electron chi connectivity index (χ1n) is 9.80. The van der Waals surface area contributed by atoms with E-state index in [-0.39, 0.29) is 12.3 Å². The standard InChI is InChI=1S/C23H27NO2/c1-22(2,25)21-24-19-14-13-16(15-19)20(24)23(26-21,17-9-5-3-6-10-17)18-11-7-4-8-12-18/h3-12,16,19-21,25H,13-15H2,1-2H3/t16-,19+,20?,21+/m0/s1. The maximum atomic E-state index is 11.0. The highest BCUT2D eigenvalue weighted by Crippen LogP contribution is 2.59. The van der Waals surface area contributed by atoms with Crippen LogP contribution in [0.15, 0.2) is 60.7 Å². The highest BCUT2D eigenvalue weighted by molar-refractivity contribution is 5.42. The quantitative estimate of drug-likeness (QED) is 0.912. The molecular formula is C23H27NO2. The first kappa shape index (κ1) is 16.5. The van der Waals surface area contributed by atoms with Crippen LogP contribution in [-0.2, 0) is 10.3 Å². The third-order valence-electron chi connectivity index (χ3n) is 6.63. The fraction of sp³-hybridized carbons (Fsp3) is 0.478. The van der Waals surface area contributed by atoms with Gasteiger partial charge in [0, 0.05) is 6.04 Å². The summed E-state index contributed by atoms with van der Waals surface area (Å²) in [6, 6.07) is 22.0. The Hall–Kier alpha value is -1.68. The molecule has 2 saturated heterocycles. The lowest BCUT2D eigenvalue weighted by atomic mass is 9.75. The molecule has 26 heavy (non-hydrogen) atoms. The average molecular weight is 349 g/mol. The molecule has 0 radical (unpaired) electrons. The molecule has 1 aliphatic carbocycles. The van der Waals surface area contributed by atoms with Crippen LogP contribution in [-0.4, -0.2) is 33.9 Å². The van der Waals surface area contributed by atoms with E-state index in [1.165, 1.54) is 30.4 Å². The van der Waals surface area contributed by atoms with Crippen molar-refractivity contribution in [2.75, 3.05) is 0 Å². The normalized spacial score (nSPS) is 32.7. The molecule has 0 amide bonds.